The van der Waals surface area contributed by atoms with Crippen molar-refractivity contribution in [2.75, 3.05) is 6.54 Å². The number of hydrogen-bond acceptors (Lipinski definition) is 3. The molecule has 0 saturated carbocycles. The van der Waals surface area contributed by atoms with Gasteiger partial charge in [0.1, 0.15) is 17.6 Å². The molecular weight excluding hydrogens is 343 g/mol. The van der Waals surface area contributed by atoms with Crippen LogP contribution in [0.2, 0.25) is 0 Å². The summed E-state index contributed by atoms with van der Waals surface area (Å²) in [5, 5.41) is 0. The second kappa shape index (κ2) is 7.74. The van der Waals surface area contributed by atoms with Gasteiger partial charge in [-0.3, -0.25) is 4.79 Å². The third-order valence-electron chi connectivity index (χ3n) is 4.96. The number of carbonyl (C=O) groups is 1. The number of benzene rings is 2. The molecule has 1 aliphatic heterocycles. The zero-order valence-corrected chi connectivity index (χ0v) is 15.0. The zero-order valence-electron chi connectivity index (χ0n) is 15.0. The summed E-state index contributed by atoms with van der Waals surface area (Å²) in [5.41, 5.74) is 1.24. The zero-order chi connectivity index (χ0) is 18.6. The summed E-state index contributed by atoms with van der Waals surface area (Å²) in [6.07, 6.45) is 4.80. The number of piperidine rings is 1. The maximum atomic E-state index is 13.9. The van der Waals surface area contributed by atoms with Crippen LogP contribution in [0, 0.1) is 5.82 Å². The van der Waals surface area contributed by atoms with Crippen molar-refractivity contribution in [2.24, 2.45) is 0 Å². The van der Waals surface area contributed by atoms with Crippen LogP contribution in [0.1, 0.15) is 52.9 Å². The number of amides is 1. The first-order chi connectivity index (χ1) is 13.2. The predicted octanol–water partition coefficient (Wildman–Crippen LogP) is 4.77. The van der Waals surface area contributed by atoms with Gasteiger partial charge in [-0.15, -0.1) is 0 Å². The Balaban J connectivity index is 1.55. The van der Waals surface area contributed by atoms with Gasteiger partial charge in [-0.2, -0.15) is 0 Å². The van der Waals surface area contributed by atoms with E-state index in [4.69, 9.17) is 4.42 Å². The van der Waals surface area contributed by atoms with E-state index in [1.54, 1.807) is 24.4 Å². The smallest absolute Gasteiger partial charge is 0.254 e. The fourth-order valence-electron chi connectivity index (χ4n) is 3.57. The summed E-state index contributed by atoms with van der Waals surface area (Å²) >= 11 is 0. The number of carbonyl (C=O) groups excluding carboxylic acids is 1. The van der Waals surface area contributed by atoms with Crippen molar-refractivity contribution in [3.8, 4) is 0 Å². The molecule has 5 heteroatoms. The third-order valence-corrected chi connectivity index (χ3v) is 4.96. The molecule has 2 aromatic carbocycles. The molecule has 27 heavy (non-hydrogen) atoms. The molecule has 0 bridgehead atoms. The van der Waals surface area contributed by atoms with E-state index in [1.807, 2.05) is 35.2 Å². The molecule has 1 atom stereocenters. The Labute approximate surface area is 157 Å². The fourth-order valence-corrected chi connectivity index (χ4v) is 3.57. The number of likely N-dealkylation sites (tertiary alicyclic amines) is 1. The molecule has 1 fully saturated rings. The molecule has 4 nitrogen and oxygen atoms in total. The molecular formula is C22H21FN2O2. The molecule has 0 unspecified atom stereocenters. The van der Waals surface area contributed by atoms with E-state index in [9.17, 15) is 9.18 Å². The summed E-state index contributed by atoms with van der Waals surface area (Å²) in [5.74, 6) is 0.876. The number of oxazole rings is 1. The minimum absolute atomic E-state index is 0.00541. The molecule has 0 radical (unpaired) electrons. The van der Waals surface area contributed by atoms with Crippen molar-refractivity contribution in [2.45, 2.75) is 31.7 Å². The lowest BCUT2D eigenvalue weighted by Crippen LogP contribution is -2.38. The number of aromatic nitrogens is 1. The molecule has 3 aromatic rings. The van der Waals surface area contributed by atoms with Gasteiger partial charge >= 0.3 is 0 Å². The van der Waals surface area contributed by atoms with Crippen molar-refractivity contribution in [3.05, 3.63) is 89.4 Å². The summed E-state index contributed by atoms with van der Waals surface area (Å²) in [4.78, 5) is 19.2. The Hall–Kier alpha value is -2.95. The fraction of sp³-hybridized carbons (Fsp3) is 0.273. The topological polar surface area (TPSA) is 46.3 Å². The van der Waals surface area contributed by atoms with Gasteiger partial charge in [0.2, 0.25) is 5.89 Å². The normalized spacial score (nSPS) is 17.1. The van der Waals surface area contributed by atoms with Crippen LogP contribution >= 0.6 is 0 Å². The van der Waals surface area contributed by atoms with E-state index in [-0.39, 0.29) is 17.8 Å². The lowest BCUT2D eigenvalue weighted by Gasteiger charge is -2.33. The largest absolute Gasteiger partial charge is 0.443 e. The van der Waals surface area contributed by atoms with E-state index in [1.165, 1.54) is 6.07 Å². The van der Waals surface area contributed by atoms with Crippen LogP contribution in [0.15, 0.2) is 65.2 Å². The van der Waals surface area contributed by atoms with Gasteiger partial charge in [0, 0.05) is 18.5 Å². The molecule has 0 spiro atoms. The Morgan fingerprint density at radius 2 is 1.89 bits per heavy atom. The molecule has 2 heterocycles. The molecule has 0 N–H and O–H groups in total. The second-order valence-electron chi connectivity index (χ2n) is 6.81. The summed E-state index contributed by atoms with van der Waals surface area (Å²) in [7, 11) is 0. The number of nitrogens with zero attached hydrogens (tertiary/aromatic N) is 2. The molecule has 4 rings (SSSR count). The van der Waals surface area contributed by atoms with E-state index < -0.39 is 0 Å². The van der Waals surface area contributed by atoms with E-state index >= 15 is 0 Å². The van der Waals surface area contributed by atoms with Gasteiger partial charge in [0.25, 0.3) is 5.91 Å². The monoisotopic (exact) mass is 364 g/mol. The average molecular weight is 364 g/mol. The summed E-state index contributed by atoms with van der Waals surface area (Å²) in [6, 6.07) is 15.7. The van der Waals surface area contributed by atoms with E-state index in [2.05, 4.69) is 4.98 Å². The van der Waals surface area contributed by atoms with Crippen LogP contribution in [0.4, 0.5) is 4.39 Å². The van der Waals surface area contributed by atoms with Crippen molar-refractivity contribution < 1.29 is 13.6 Å². The number of hydrogen-bond donors (Lipinski definition) is 0. The van der Waals surface area contributed by atoms with Crippen LogP contribution in [-0.4, -0.2) is 22.3 Å². The lowest BCUT2D eigenvalue weighted by molar-refractivity contribution is 0.0570. The van der Waals surface area contributed by atoms with Crippen LogP contribution < -0.4 is 0 Å². The lowest BCUT2D eigenvalue weighted by atomic mass is 10.0. The van der Waals surface area contributed by atoms with Gasteiger partial charge in [-0.25, -0.2) is 9.37 Å². The molecule has 1 saturated heterocycles. The highest BCUT2D eigenvalue weighted by atomic mass is 19.1. The van der Waals surface area contributed by atoms with Crippen molar-refractivity contribution >= 4 is 5.91 Å². The highest BCUT2D eigenvalue weighted by molar-refractivity contribution is 5.94. The van der Waals surface area contributed by atoms with Crippen molar-refractivity contribution in [1.82, 2.24) is 9.88 Å². The molecule has 1 amide bonds. The van der Waals surface area contributed by atoms with E-state index in [0.29, 0.717) is 35.7 Å². The number of rotatable bonds is 4. The summed E-state index contributed by atoms with van der Waals surface area (Å²) < 4.78 is 19.8. The maximum Gasteiger partial charge on any atom is 0.254 e. The van der Waals surface area contributed by atoms with Gasteiger partial charge in [0.05, 0.1) is 6.20 Å². The standard InChI is InChI=1S/C22H21FN2O2/c23-19-11-5-4-10-17(19)14-18-15-24-21(27-18)20-12-6-7-13-25(20)22(26)16-8-2-1-3-9-16/h1-5,8-11,15,20H,6-7,12-14H2/t20-/m1/s1. The average Bonchev–Trinajstić information content (AvgIpc) is 3.18. The van der Waals surface area contributed by atoms with E-state index in [0.717, 1.165) is 19.3 Å². The highest BCUT2D eigenvalue weighted by Gasteiger charge is 2.31. The van der Waals surface area contributed by atoms with Crippen LogP contribution in [0.5, 0.6) is 0 Å². The van der Waals surface area contributed by atoms with Gasteiger partial charge in [-0.05, 0) is 43.0 Å². The predicted molar refractivity (Wildman–Crippen MR) is 99.8 cm³/mol. The molecule has 0 aliphatic carbocycles. The van der Waals surface area contributed by atoms with Gasteiger partial charge < -0.3 is 9.32 Å². The van der Waals surface area contributed by atoms with Crippen LogP contribution in [0.25, 0.3) is 0 Å². The van der Waals surface area contributed by atoms with Gasteiger partial charge in [-0.1, -0.05) is 36.4 Å². The Bertz CT molecular complexity index is 923. The Morgan fingerprint density at radius 3 is 2.70 bits per heavy atom. The SMILES string of the molecule is O=C(c1ccccc1)N1CCCC[C@@H]1c1ncc(Cc2ccccc2F)o1. The second-order valence-corrected chi connectivity index (χ2v) is 6.81. The van der Waals surface area contributed by atoms with Crippen molar-refractivity contribution in [3.63, 3.8) is 0 Å². The number of halogens is 1. The maximum absolute atomic E-state index is 13.9. The van der Waals surface area contributed by atoms with Gasteiger partial charge in [0.15, 0.2) is 0 Å². The first-order valence-electron chi connectivity index (χ1n) is 9.26. The minimum atomic E-state index is -0.256. The summed E-state index contributed by atoms with van der Waals surface area (Å²) in [6.45, 7) is 0.684. The third kappa shape index (κ3) is 3.77. The minimum Gasteiger partial charge on any atom is -0.443 e. The first kappa shape index (κ1) is 17.5. The first-order valence-corrected chi connectivity index (χ1v) is 9.26. The molecule has 1 aliphatic rings. The van der Waals surface area contributed by atoms with Crippen LogP contribution in [0.3, 0.4) is 0 Å². The Kier molecular flexibility index (Phi) is 5.01. The molecule has 1 aromatic heterocycles. The van der Waals surface area contributed by atoms with Crippen LogP contribution in [-0.2, 0) is 6.42 Å². The quantitative estimate of drug-likeness (QED) is 0.670. The highest BCUT2D eigenvalue weighted by Crippen LogP contribution is 2.32. The molecule has 138 valence electrons. The Morgan fingerprint density at radius 1 is 1.11 bits per heavy atom. The van der Waals surface area contributed by atoms with Crippen molar-refractivity contribution in [1.29, 1.82) is 0 Å².